The van der Waals surface area contributed by atoms with Gasteiger partial charge in [0.2, 0.25) is 19.7 Å². The van der Waals surface area contributed by atoms with Gasteiger partial charge in [0.25, 0.3) is 0 Å². The van der Waals surface area contributed by atoms with E-state index in [1.54, 1.807) is 12.1 Å². The number of aromatic nitrogens is 1. The Morgan fingerprint density at radius 1 is 0.892 bits per heavy atom. The molecule has 1 unspecified atom stereocenters. The van der Waals surface area contributed by atoms with E-state index in [1.807, 2.05) is 5.32 Å². The number of nitrogens with zero attached hydrogens (tertiary/aromatic N) is 1. The molecule has 1 fully saturated rings. The molecule has 1 N–H and O–H groups in total. The predicted molar refractivity (Wildman–Crippen MR) is 125 cm³/mol. The summed E-state index contributed by atoms with van der Waals surface area (Å²) < 4.78 is 92.4. The first-order valence-corrected chi connectivity index (χ1v) is 14.4. The Balaban J connectivity index is 1.56. The maximum Gasteiger partial charge on any atom is 0.471 e. The van der Waals surface area contributed by atoms with Gasteiger partial charge in [-0.15, -0.1) is 0 Å². The molecule has 0 bridgehead atoms. The summed E-state index contributed by atoms with van der Waals surface area (Å²) in [4.78, 5) is 14.3. The number of rotatable bonds is 6. The van der Waals surface area contributed by atoms with E-state index in [9.17, 15) is 34.8 Å². The van der Waals surface area contributed by atoms with Crippen molar-refractivity contribution in [2.75, 3.05) is 0 Å². The maximum absolute atomic E-state index is 13.7. The van der Waals surface area contributed by atoms with Gasteiger partial charge in [-0.2, -0.15) is 13.2 Å². The van der Waals surface area contributed by atoms with Crippen molar-refractivity contribution in [3.63, 3.8) is 0 Å². The molecule has 3 aromatic rings. The van der Waals surface area contributed by atoms with Crippen LogP contribution in [-0.4, -0.2) is 33.9 Å². The lowest BCUT2D eigenvalue weighted by Gasteiger charge is -2.16. The zero-order valence-corrected chi connectivity index (χ0v) is 20.8. The van der Waals surface area contributed by atoms with Crippen molar-refractivity contribution < 1.29 is 34.8 Å². The fraction of sp³-hybridized carbons (Fsp3) is 0.280. The van der Waals surface area contributed by atoms with Crippen molar-refractivity contribution in [1.82, 2.24) is 10.3 Å². The molecular formula is C25H21F3N2O5S2. The molecule has 7 nitrogen and oxygen atoms in total. The summed E-state index contributed by atoms with van der Waals surface area (Å²) in [6.07, 6.45) is -1.54. The summed E-state index contributed by atoms with van der Waals surface area (Å²) in [6, 6.07) is 11.6. The molecule has 2 aliphatic rings. The van der Waals surface area contributed by atoms with Crippen LogP contribution in [0.15, 0.2) is 80.5 Å². The van der Waals surface area contributed by atoms with Crippen LogP contribution in [0.2, 0.25) is 0 Å². The second-order valence-electron chi connectivity index (χ2n) is 9.08. The zero-order chi connectivity index (χ0) is 26.6. The van der Waals surface area contributed by atoms with Gasteiger partial charge in [-0.05, 0) is 84.7 Å². The highest BCUT2D eigenvalue weighted by atomic mass is 32.2. The molecule has 0 radical (unpaired) electrons. The average molecular weight is 551 g/mol. The summed E-state index contributed by atoms with van der Waals surface area (Å²) in [5.74, 6) is -1.90. The van der Waals surface area contributed by atoms with Gasteiger partial charge in [-0.3, -0.25) is 4.79 Å². The number of sulfone groups is 2. The third kappa shape index (κ3) is 4.75. The summed E-state index contributed by atoms with van der Waals surface area (Å²) >= 11 is 0. The quantitative estimate of drug-likeness (QED) is 0.490. The van der Waals surface area contributed by atoms with Gasteiger partial charge in [0.05, 0.1) is 20.7 Å². The first-order valence-electron chi connectivity index (χ1n) is 11.4. The Bertz CT molecular complexity index is 1600. The second kappa shape index (κ2) is 8.95. The van der Waals surface area contributed by atoms with E-state index in [2.05, 4.69) is 4.98 Å². The molecular weight excluding hydrogens is 529 g/mol. The third-order valence-corrected chi connectivity index (χ3v) is 10.2. The number of nitrogens with one attached hydrogen (secondary N) is 1. The highest BCUT2D eigenvalue weighted by Crippen LogP contribution is 2.43. The number of hydrogen-bond acceptors (Lipinski definition) is 6. The van der Waals surface area contributed by atoms with E-state index in [0.717, 1.165) is 18.4 Å². The SMILES string of the molecule is O=C(NC1CCc2cc(S(=O)(=O)c3ccc(C4CC4)cc3S(=O)(=O)c3ccccn3)ccc21)C(F)(F)F. The van der Waals surface area contributed by atoms with E-state index in [0.29, 0.717) is 11.1 Å². The Morgan fingerprint density at radius 2 is 1.65 bits per heavy atom. The largest absolute Gasteiger partial charge is 0.471 e. The van der Waals surface area contributed by atoms with Crippen molar-refractivity contribution >= 4 is 25.6 Å². The van der Waals surface area contributed by atoms with Crippen LogP contribution >= 0.6 is 0 Å². The van der Waals surface area contributed by atoms with Gasteiger partial charge < -0.3 is 5.32 Å². The first kappa shape index (κ1) is 25.4. The molecule has 12 heteroatoms. The van der Waals surface area contributed by atoms with Gasteiger partial charge in [-0.25, -0.2) is 21.8 Å². The molecule has 5 rings (SSSR count). The highest BCUT2D eigenvalue weighted by molar-refractivity contribution is 7.94. The minimum atomic E-state index is -5.03. The number of aryl methyl sites for hydroxylation is 1. The van der Waals surface area contributed by atoms with E-state index in [-0.39, 0.29) is 33.6 Å². The van der Waals surface area contributed by atoms with Gasteiger partial charge in [0.15, 0.2) is 5.03 Å². The Morgan fingerprint density at radius 3 is 2.30 bits per heavy atom. The van der Waals surface area contributed by atoms with Crippen molar-refractivity contribution in [3.8, 4) is 0 Å². The fourth-order valence-corrected chi connectivity index (χ4v) is 7.86. The summed E-state index contributed by atoms with van der Waals surface area (Å²) in [5.41, 5.74) is 1.59. The van der Waals surface area contributed by atoms with E-state index in [4.69, 9.17) is 0 Å². The molecule has 0 aliphatic heterocycles. The lowest BCUT2D eigenvalue weighted by atomic mass is 10.1. The predicted octanol–water partition coefficient (Wildman–Crippen LogP) is 4.29. The van der Waals surface area contributed by atoms with Crippen molar-refractivity contribution in [1.29, 1.82) is 0 Å². The topological polar surface area (TPSA) is 110 Å². The monoisotopic (exact) mass is 550 g/mol. The third-order valence-electron chi connectivity index (χ3n) is 6.57. The number of carbonyl (C=O) groups excluding carboxylic acids is 1. The minimum Gasteiger partial charge on any atom is -0.341 e. The van der Waals surface area contributed by atoms with Gasteiger partial charge in [0, 0.05) is 6.20 Å². The number of alkyl halides is 3. The van der Waals surface area contributed by atoms with E-state index >= 15 is 0 Å². The number of carbonyl (C=O) groups is 1. The number of fused-ring (bicyclic) bond motifs is 1. The van der Waals surface area contributed by atoms with E-state index in [1.165, 1.54) is 48.7 Å². The van der Waals surface area contributed by atoms with Crippen LogP contribution in [0.5, 0.6) is 0 Å². The minimum absolute atomic E-state index is 0.165. The fourth-order valence-electron chi connectivity index (χ4n) is 4.52. The molecule has 1 saturated carbocycles. The Hall–Kier alpha value is -3.25. The Kier molecular flexibility index (Phi) is 6.14. The Labute approximate surface area is 211 Å². The second-order valence-corrected chi connectivity index (χ2v) is 12.9. The molecule has 1 atom stereocenters. The molecule has 1 amide bonds. The number of hydrogen-bond donors (Lipinski definition) is 1. The maximum atomic E-state index is 13.7. The summed E-state index contributed by atoms with van der Waals surface area (Å²) in [5, 5.41) is 1.65. The number of amides is 1. The number of halogens is 3. The lowest BCUT2D eigenvalue weighted by molar-refractivity contribution is -0.174. The molecule has 1 aromatic heterocycles. The average Bonchev–Trinajstić information content (AvgIpc) is 3.65. The van der Waals surface area contributed by atoms with Crippen LogP contribution in [0.25, 0.3) is 0 Å². The van der Waals surface area contributed by atoms with Crippen LogP contribution in [0, 0.1) is 0 Å². The molecule has 1 heterocycles. The van der Waals surface area contributed by atoms with Crippen LogP contribution in [0.1, 0.15) is 47.9 Å². The van der Waals surface area contributed by atoms with Crippen molar-refractivity contribution in [2.24, 2.45) is 0 Å². The number of benzene rings is 2. The van der Waals surface area contributed by atoms with Gasteiger partial charge in [-0.1, -0.05) is 18.2 Å². The van der Waals surface area contributed by atoms with Crippen molar-refractivity contribution in [2.45, 2.75) is 63.5 Å². The standard InChI is InChI=1S/C25H21F3N2O5S2/c26-25(27,28)24(31)30-20-10-6-17-13-18(8-9-19(17)20)36(32,33)21-11-7-16(15-4-5-15)14-22(21)37(34,35)23-3-1-2-12-29-23/h1-3,7-9,11-15,20H,4-6,10H2,(H,30,31). The molecule has 2 aliphatic carbocycles. The van der Waals surface area contributed by atoms with Crippen LogP contribution < -0.4 is 5.32 Å². The summed E-state index contributed by atoms with van der Waals surface area (Å²) in [6.45, 7) is 0. The van der Waals surface area contributed by atoms with E-state index < -0.39 is 42.7 Å². The van der Waals surface area contributed by atoms with Gasteiger partial charge >= 0.3 is 12.1 Å². The lowest BCUT2D eigenvalue weighted by Crippen LogP contribution is -2.38. The van der Waals surface area contributed by atoms with Crippen LogP contribution in [0.4, 0.5) is 13.2 Å². The smallest absolute Gasteiger partial charge is 0.341 e. The molecule has 0 spiro atoms. The summed E-state index contributed by atoms with van der Waals surface area (Å²) in [7, 11) is -8.62. The van der Waals surface area contributed by atoms with Crippen LogP contribution in [0.3, 0.4) is 0 Å². The van der Waals surface area contributed by atoms with Crippen LogP contribution in [-0.2, 0) is 30.9 Å². The van der Waals surface area contributed by atoms with Crippen molar-refractivity contribution in [3.05, 3.63) is 77.5 Å². The van der Waals surface area contributed by atoms with Gasteiger partial charge in [0.1, 0.15) is 0 Å². The molecule has 37 heavy (non-hydrogen) atoms. The highest BCUT2D eigenvalue weighted by Gasteiger charge is 2.41. The normalized spacial score (nSPS) is 17.9. The number of pyridine rings is 1. The molecule has 2 aromatic carbocycles. The zero-order valence-electron chi connectivity index (χ0n) is 19.2. The molecule has 194 valence electrons. The first-order chi connectivity index (χ1) is 17.4. The molecule has 0 saturated heterocycles.